The van der Waals surface area contributed by atoms with Gasteiger partial charge in [-0.1, -0.05) is 25.0 Å². The molecule has 26 heavy (non-hydrogen) atoms. The van der Waals surface area contributed by atoms with Crippen LogP contribution in [0.15, 0.2) is 24.3 Å². The first-order chi connectivity index (χ1) is 12.8. The van der Waals surface area contributed by atoms with Gasteiger partial charge < -0.3 is 10.2 Å². The zero-order valence-corrected chi connectivity index (χ0v) is 16.1. The molecule has 2 atom stereocenters. The van der Waals surface area contributed by atoms with E-state index in [1.165, 1.54) is 29.0 Å². The molecule has 0 spiro atoms. The van der Waals surface area contributed by atoms with Crippen molar-refractivity contribution in [2.24, 2.45) is 11.3 Å². The van der Waals surface area contributed by atoms with Gasteiger partial charge in [0, 0.05) is 25.6 Å². The summed E-state index contributed by atoms with van der Waals surface area (Å²) in [6.45, 7) is 3.73. The number of hydrogen-bond donors (Lipinski definition) is 1. The molecule has 1 saturated carbocycles. The number of likely N-dealkylation sites (tertiary alicyclic amines) is 1. The van der Waals surface area contributed by atoms with E-state index in [9.17, 15) is 4.79 Å². The van der Waals surface area contributed by atoms with Gasteiger partial charge in [0.25, 0.3) is 0 Å². The highest BCUT2D eigenvalue weighted by Crippen LogP contribution is 2.46. The van der Waals surface area contributed by atoms with Crippen LogP contribution >= 0.6 is 11.3 Å². The molecule has 2 aromatic rings. The number of amides is 1. The zero-order chi connectivity index (χ0) is 17.6. The number of para-hydroxylation sites is 1. The van der Waals surface area contributed by atoms with Crippen LogP contribution in [0.2, 0.25) is 0 Å². The van der Waals surface area contributed by atoms with Crippen molar-refractivity contribution < 1.29 is 4.79 Å². The van der Waals surface area contributed by atoms with Gasteiger partial charge in [-0.3, -0.25) is 4.79 Å². The molecule has 3 fully saturated rings. The number of thiazole rings is 1. The lowest BCUT2D eigenvalue weighted by Gasteiger charge is -2.42. The summed E-state index contributed by atoms with van der Waals surface area (Å²) in [7, 11) is 0. The minimum atomic E-state index is -0.0963. The number of benzene rings is 1. The molecular weight excluding hydrogens is 342 g/mol. The summed E-state index contributed by atoms with van der Waals surface area (Å²) in [6.07, 6.45) is 6.93. The molecule has 0 bridgehead atoms. The molecule has 5 heteroatoms. The fraction of sp³-hybridized carbons (Fsp3) is 0.619. The Hall–Kier alpha value is -1.46. The number of fused-ring (bicyclic) bond motifs is 2. The lowest BCUT2D eigenvalue weighted by molar-refractivity contribution is -0.146. The van der Waals surface area contributed by atoms with E-state index >= 15 is 0 Å². The summed E-state index contributed by atoms with van der Waals surface area (Å²) in [5.41, 5.74) is 1.02. The third kappa shape index (κ3) is 2.67. The largest absolute Gasteiger partial charge is 0.342 e. The van der Waals surface area contributed by atoms with Gasteiger partial charge in [0.05, 0.1) is 20.6 Å². The quantitative estimate of drug-likeness (QED) is 0.876. The maximum Gasteiger partial charge on any atom is 0.230 e. The molecule has 2 saturated heterocycles. The number of nitrogens with zero attached hydrogens (tertiary/aromatic N) is 2. The van der Waals surface area contributed by atoms with Crippen LogP contribution in [0, 0.1) is 11.3 Å². The Morgan fingerprint density at radius 2 is 2.04 bits per heavy atom. The first-order valence-electron chi connectivity index (χ1n) is 10.1. The molecule has 0 unspecified atom stereocenters. The summed E-state index contributed by atoms with van der Waals surface area (Å²) >= 11 is 1.83. The molecule has 1 N–H and O–H groups in total. The van der Waals surface area contributed by atoms with E-state index in [0.717, 1.165) is 51.0 Å². The van der Waals surface area contributed by atoms with Crippen molar-refractivity contribution >= 4 is 27.5 Å². The number of carbonyl (C=O) groups is 1. The lowest BCUT2D eigenvalue weighted by Crippen LogP contribution is -2.51. The molecule has 5 rings (SSSR count). The van der Waals surface area contributed by atoms with Crippen LogP contribution in [0.25, 0.3) is 10.2 Å². The summed E-state index contributed by atoms with van der Waals surface area (Å²) < 4.78 is 1.28. The van der Waals surface area contributed by atoms with E-state index in [2.05, 4.69) is 34.5 Å². The van der Waals surface area contributed by atoms with Gasteiger partial charge in [0.15, 0.2) is 0 Å². The van der Waals surface area contributed by atoms with Gasteiger partial charge in [-0.25, -0.2) is 4.98 Å². The molecule has 1 aliphatic carbocycles. The fourth-order valence-electron chi connectivity index (χ4n) is 5.38. The van der Waals surface area contributed by atoms with Gasteiger partial charge in [-0.15, -0.1) is 11.3 Å². The van der Waals surface area contributed by atoms with Crippen molar-refractivity contribution in [3.8, 4) is 0 Å². The van der Waals surface area contributed by atoms with Crippen LogP contribution < -0.4 is 5.32 Å². The third-order valence-electron chi connectivity index (χ3n) is 6.91. The summed E-state index contributed by atoms with van der Waals surface area (Å²) in [5, 5.41) is 4.78. The average molecular weight is 370 g/mol. The number of aromatic nitrogens is 1. The predicted octanol–water partition coefficient (Wildman–Crippen LogP) is 3.78. The second-order valence-corrected chi connectivity index (χ2v) is 9.38. The maximum absolute atomic E-state index is 13.4. The molecule has 138 valence electrons. The van der Waals surface area contributed by atoms with E-state index in [0.29, 0.717) is 17.7 Å². The Bertz CT molecular complexity index is 777. The number of carbonyl (C=O) groups excluding carboxylic acids is 1. The molecule has 1 amide bonds. The number of piperidine rings is 1. The topological polar surface area (TPSA) is 45.2 Å². The lowest BCUT2D eigenvalue weighted by atomic mass is 9.67. The average Bonchev–Trinajstić information content (AvgIpc) is 3.32. The Kier molecular flexibility index (Phi) is 4.24. The minimum absolute atomic E-state index is 0.0963. The highest BCUT2D eigenvalue weighted by atomic mass is 32.1. The SMILES string of the molecule is O=C(N1CCC(c2nc3ccccc3s2)CC1)[C@@]12CCCC[C@H]1CNC2. The maximum atomic E-state index is 13.4. The predicted molar refractivity (Wildman–Crippen MR) is 105 cm³/mol. The van der Waals surface area contributed by atoms with Gasteiger partial charge in [-0.05, 0) is 50.3 Å². The van der Waals surface area contributed by atoms with E-state index in [4.69, 9.17) is 4.98 Å². The first kappa shape index (κ1) is 16.7. The van der Waals surface area contributed by atoms with Crippen molar-refractivity contribution in [1.29, 1.82) is 0 Å². The molecular formula is C21H27N3OS. The normalized spacial score (nSPS) is 29.8. The van der Waals surface area contributed by atoms with E-state index in [-0.39, 0.29) is 5.41 Å². The molecule has 2 aliphatic heterocycles. The molecule has 3 aliphatic rings. The highest BCUT2D eigenvalue weighted by Gasteiger charge is 2.51. The van der Waals surface area contributed by atoms with Crippen molar-refractivity contribution in [3.63, 3.8) is 0 Å². The van der Waals surface area contributed by atoms with Crippen molar-refractivity contribution in [2.75, 3.05) is 26.2 Å². The zero-order valence-electron chi connectivity index (χ0n) is 15.2. The highest BCUT2D eigenvalue weighted by molar-refractivity contribution is 7.18. The smallest absolute Gasteiger partial charge is 0.230 e. The Morgan fingerprint density at radius 3 is 2.88 bits per heavy atom. The molecule has 0 radical (unpaired) electrons. The molecule has 1 aromatic carbocycles. The first-order valence-corrected chi connectivity index (χ1v) is 10.9. The Balaban J connectivity index is 1.28. The van der Waals surface area contributed by atoms with E-state index < -0.39 is 0 Å². The number of rotatable bonds is 2. The van der Waals surface area contributed by atoms with Gasteiger partial charge in [0.2, 0.25) is 5.91 Å². The van der Waals surface area contributed by atoms with Gasteiger partial charge in [-0.2, -0.15) is 0 Å². The van der Waals surface area contributed by atoms with Crippen LogP contribution in [-0.2, 0) is 4.79 Å². The van der Waals surface area contributed by atoms with Crippen LogP contribution in [0.4, 0.5) is 0 Å². The Morgan fingerprint density at radius 1 is 1.19 bits per heavy atom. The van der Waals surface area contributed by atoms with Crippen LogP contribution in [0.5, 0.6) is 0 Å². The second-order valence-electron chi connectivity index (χ2n) is 8.32. The van der Waals surface area contributed by atoms with Crippen molar-refractivity contribution in [1.82, 2.24) is 15.2 Å². The number of nitrogens with one attached hydrogen (secondary N) is 1. The fourth-order valence-corrected chi connectivity index (χ4v) is 6.51. The summed E-state index contributed by atoms with van der Waals surface area (Å²) in [6, 6.07) is 8.40. The monoisotopic (exact) mass is 369 g/mol. The Labute approximate surface area is 159 Å². The summed E-state index contributed by atoms with van der Waals surface area (Å²) in [4.78, 5) is 20.4. The second kappa shape index (κ2) is 6.61. The van der Waals surface area contributed by atoms with Crippen LogP contribution in [-0.4, -0.2) is 42.0 Å². The van der Waals surface area contributed by atoms with Crippen molar-refractivity contribution in [3.05, 3.63) is 29.3 Å². The third-order valence-corrected chi connectivity index (χ3v) is 8.10. The molecule has 3 heterocycles. The standard InChI is InChI=1S/C21H27N3OS/c25-20(21-10-4-3-5-16(21)13-22-14-21)24-11-8-15(9-12-24)19-23-17-6-1-2-7-18(17)26-19/h1-2,6-7,15-16,22H,3-5,8-14H2/t16-,21+/m0/s1. The number of hydrogen-bond acceptors (Lipinski definition) is 4. The van der Waals surface area contributed by atoms with Crippen molar-refractivity contribution in [2.45, 2.75) is 44.4 Å². The van der Waals surface area contributed by atoms with Crippen LogP contribution in [0.3, 0.4) is 0 Å². The van der Waals surface area contributed by atoms with Crippen LogP contribution in [0.1, 0.15) is 49.5 Å². The molecule has 4 nitrogen and oxygen atoms in total. The summed E-state index contributed by atoms with van der Waals surface area (Å²) in [5.74, 6) is 1.51. The van der Waals surface area contributed by atoms with E-state index in [1.807, 2.05) is 11.3 Å². The van der Waals surface area contributed by atoms with Gasteiger partial charge >= 0.3 is 0 Å². The van der Waals surface area contributed by atoms with E-state index in [1.54, 1.807) is 0 Å². The van der Waals surface area contributed by atoms with Gasteiger partial charge in [0.1, 0.15) is 0 Å². The molecule has 1 aromatic heterocycles. The minimum Gasteiger partial charge on any atom is -0.342 e.